The lowest BCUT2D eigenvalue weighted by Crippen LogP contribution is -2.22. The van der Waals surface area contributed by atoms with Crippen LogP contribution in [0.15, 0.2) is 35.7 Å². The third-order valence-electron chi connectivity index (χ3n) is 2.73. The van der Waals surface area contributed by atoms with E-state index in [9.17, 15) is 4.79 Å². The topological polar surface area (TPSA) is 64.9 Å². The van der Waals surface area contributed by atoms with Crippen LogP contribution in [-0.2, 0) is 6.54 Å². The molecular formula is C15H15N3OS. The lowest BCUT2D eigenvalue weighted by atomic mass is 10.2. The van der Waals surface area contributed by atoms with Gasteiger partial charge in [-0.25, -0.2) is 0 Å². The molecule has 0 saturated heterocycles. The monoisotopic (exact) mass is 285 g/mol. The molecule has 5 heteroatoms. The minimum Gasteiger partial charge on any atom is -0.380 e. The van der Waals surface area contributed by atoms with Crippen molar-refractivity contribution in [2.75, 3.05) is 11.9 Å². The molecule has 1 aromatic carbocycles. The molecule has 2 aromatic rings. The minimum atomic E-state index is -0.0593. The van der Waals surface area contributed by atoms with Crippen molar-refractivity contribution in [3.8, 4) is 6.07 Å². The number of carbonyl (C=O) groups is 1. The first-order valence-corrected chi connectivity index (χ1v) is 7.20. The van der Waals surface area contributed by atoms with Gasteiger partial charge in [0.1, 0.15) is 6.07 Å². The molecule has 1 heterocycles. The molecular weight excluding hydrogens is 270 g/mol. The number of hydrogen-bond donors (Lipinski definition) is 2. The quantitative estimate of drug-likeness (QED) is 0.887. The second-order valence-electron chi connectivity index (χ2n) is 4.20. The maximum atomic E-state index is 11.6. The summed E-state index contributed by atoms with van der Waals surface area (Å²) in [5, 5.41) is 16.6. The molecule has 1 aromatic heterocycles. The van der Waals surface area contributed by atoms with Gasteiger partial charge in [0.2, 0.25) is 0 Å². The van der Waals surface area contributed by atoms with Crippen LogP contribution in [0.1, 0.15) is 27.7 Å². The van der Waals surface area contributed by atoms with E-state index in [0.29, 0.717) is 24.2 Å². The molecule has 2 rings (SSSR count). The molecule has 0 aliphatic carbocycles. The zero-order chi connectivity index (χ0) is 14.4. The summed E-state index contributed by atoms with van der Waals surface area (Å²) in [5.41, 5.74) is 2.30. The highest BCUT2D eigenvalue weighted by molar-refractivity contribution is 7.10. The van der Waals surface area contributed by atoms with Crippen molar-refractivity contribution < 1.29 is 4.79 Å². The number of nitriles is 1. The van der Waals surface area contributed by atoms with Crippen LogP contribution in [0, 0.1) is 11.3 Å². The highest BCUT2D eigenvalue weighted by Crippen LogP contribution is 2.16. The molecule has 0 unspecified atom stereocenters. The lowest BCUT2D eigenvalue weighted by molar-refractivity contribution is 0.0956. The van der Waals surface area contributed by atoms with E-state index in [1.807, 2.05) is 30.5 Å². The number of thiophene rings is 1. The van der Waals surface area contributed by atoms with Crippen molar-refractivity contribution in [1.82, 2.24) is 5.32 Å². The molecule has 0 saturated carbocycles. The van der Waals surface area contributed by atoms with Gasteiger partial charge in [0.05, 0.1) is 5.56 Å². The highest BCUT2D eigenvalue weighted by atomic mass is 32.1. The molecule has 102 valence electrons. The Morgan fingerprint density at radius 3 is 2.70 bits per heavy atom. The van der Waals surface area contributed by atoms with Gasteiger partial charge in [-0.2, -0.15) is 5.26 Å². The van der Waals surface area contributed by atoms with Gasteiger partial charge >= 0.3 is 0 Å². The van der Waals surface area contributed by atoms with Crippen molar-refractivity contribution in [2.24, 2.45) is 0 Å². The number of carbonyl (C=O) groups excluding carboxylic acids is 1. The Morgan fingerprint density at radius 1 is 1.35 bits per heavy atom. The standard InChI is InChI=1S/C15H15N3OS/c1-2-17-15(19)12-3-5-13(6-4-12)18-9-14-7-11(8-16)10-20-14/h3-7,10,18H,2,9H2,1H3,(H,17,19). The smallest absolute Gasteiger partial charge is 0.251 e. The lowest BCUT2D eigenvalue weighted by Gasteiger charge is -2.06. The van der Waals surface area contributed by atoms with Crippen molar-refractivity contribution >= 4 is 22.9 Å². The van der Waals surface area contributed by atoms with E-state index in [4.69, 9.17) is 5.26 Å². The Morgan fingerprint density at radius 2 is 2.10 bits per heavy atom. The normalized spacial score (nSPS) is 9.80. The zero-order valence-electron chi connectivity index (χ0n) is 11.1. The summed E-state index contributed by atoms with van der Waals surface area (Å²) in [4.78, 5) is 12.7. The molecule has 0 radical (unpaired) electrons. The summed E-state index contributed by atoms with van der Waals surface area (Å²) >= 11 is 1.56. The van der Waals surface area contributed by atoms with Crippen LogP contribution in [-0.4, -0.2) is 12.5 Å². The maximum Gasteiger partial charge on any atom is 0.251 e. The number of amides is 1. The summed E-state index contributed by atoms with van der Waals surface area (Å²) in [6, 6.07) is 11.3. The number of rotatable bonds is 5. The molecule has 0 bridgehead atoms. The Kier molecular flexibility index (Phi) is 4.75. The van der Waals surface area contributed by atoms with Gasteiger partial charge in [0.15, 0.2) is 0 Å². The van der Waals surface area contributed by atoms with Crippen LogP contribution in [0.25, 0.3) is 0 Å². The minimum absolute atomic E-state index is 0.0593. The fourth-order valence-electron chi connectivity index (χ4n) is 1.72. The van der Waals surface area contributed by atoms with Crippen molar-refractivity contribution in [1.29, 1.82) is 5.26 Å². The SMILES string of the molecule is CCNC(=O)c1ccc(NCc2cc(C#N)cs2)cc1. The summed E-state index contributed by atoms with van der Waals surface area (Å²) in [5.74, 6) is -0.0593. The van der Waals surface area contributed by atoms with Gasteiger partial charge in [0, 0.05) is 34.6 Å². The first-order chi connectivity index (χ1) is 9.72. The van der Waals surface area contributed by atoms with Crippen LogP contribution >= 0.6 is 11.3 Å². The van der Waals surface area contributed by atoms with Gasteiger partial charge in [-0.3, -0.25) is 4.79 Å². The molecule has 0 fully saturated rings. The van der Waals surface area contributed by atoms with Crippen molar-refractivity contribution in [2.45, 2.75) is 13.5 Å². The van der Waals surface area contributed by atoms with E-state index in [-0.39, 0.29) is 5.91 Å². The Balaban J connectivity index is 1.94. The van der Waals surface area contributed by atoms with E-state index < -0.39 is 0 Å². The third kappa shape index (κ3) is 3.59. The summed E-state index contributed by atoms with van der Waals surface area (Å²) in [7, 11) is 0. The second kappa shape index (κ2) is 6.73. The summed E-state index contributed by atoms with van der Waals surface area (Å²) < 4.78 is 0. The summed E-state index contributed by atoms with van der Waals surface area (Å²) in [6.45, 7) is 3.19. The zero-order valence-corrected chi connectivity index (χ0v) is 12.0. The average molecular weight is 285 g/mol. The van der Waals surface area contributed by atoms with E-state index >= 15 is 0 Å². The van der Waals surface area contributed by atoms with Gasteiger partial charge in [-0.05, 0) is 37.3 Å². The highest BCUT2D eigenvalue weighted by Gasteiger charge is 2.04. The van der Waals surface area contributed by atoms with Gasteiger partial charge < -0.3 is 10.6 Å². The third-order valence-corrected chi connectivity index (χ3v) is 3.67. The van der Waals surface area contributed by atoms with Crippen LogP contribution in [0.4, 0.5) is 5.69 Å². The van der Waals surface area contributed by atoms with Crippen molar-refractivity contribution in [3.05, 3.63) is 51.7 Å². The Labute approximate surface area is 122 Å². The van der Waals surface area contributed by atoms with Crippen LogP contribution in [0.2, 0.25) is 0 Å². The first kappa shape index (κ1) is 14.1. The molecule has 0 aliphatic rings. The van der Waals surface area contributed by atoms with Crippen molar-refractivity contribution in [3.63, 3.8) is 0 Å². The number of hydrogen-bond acceptors (Lipinski definition) is 4. The fraction of sp³-hybridized carbons (Fsp3) is 0.200. The largest absolute Gasteiger partial charge is 0.380 e. The molecule has 20 heavy (non-hydrogen) atoms. The number of nitrogens with zero attached hydrogens (tertiary/aromatic N) is 1. The van der Waals surface area contributed by atoms with Crippen LogP contribution in [0.5, 0.6) is 0 Å². The van der Waals surface area contributed by atoms with Gasteiger partial charge in [-0.15, -0.1) is 11.3 Å². The number of nitrogens with one attached hydrogen (secondary N) is 2. The predicted molar refractivity (Wildman–Crippen MR) is 80.8 cm³/mol. The maximum absolute atomic E-state index is 11.6. The van der Waals surface area contributed by atoms with E-state index in [1.165, 1.54) is 0 Å². The number of anilines is 1. The molecule has 2 N–H and O–H groups in total. The average Bonchev–Trinajstić information content (AvgIpc) is 2.94. The molecule has 0 aliphatic heterocycles. The number of benzene rings is 1. The first-order valence-electron chi connectivity index (χ1n) is 6.32. The Bertz CT molecular complexity index is 625. The van der Waals surface area contributed by atoms with Gasteiger partial charge in [0.25, 0.3) is 5.91 Å². The van der Waals surface area contributed by atoms with Crippen LogP contribution < -0.4 is 10.6 Å². The molecule has 0 spiro atoms. The second-order valence-corrected chi connectivity index (χ2v) is 5.20. The van der Waals surface area contributed by atoms with Crippen LogP contribution in [0.3, 0.4) is 0 Å². The molecule has 1 amide bonds. The van der Waals surface area contributed by atoms with Gasteiger partial charge in [-0.1, -0.05) is 0 Å². The Hall–Kier alpha value is -2.32. The fourth-order valence-corrected chi connectivity index (χ4v) is 2.47. The van der Waals surface area contributed by atoms with E-state index in [0.717, 1.165) is 10.6 Å². The predicted octanol–water partition coefficient (Wildman–Crippen LogP) is 2.98. The van der Waals surface area contributed by atoms with E-state index in [1.54, 1.807) is 23.5 Å². The van der Waals surface area contributed by atoms with E-state index in [2.05, 4.69) is 16.7 Å². The summed E-state index contributed by atoms with van der Waals surface area (Å²) in [6.07, 6.45) is 0. The molecule has 0 atom stereocenters. The molecule has 4 nitrogen and oxygen atoms in total.